The second kappa shape index (κ2) is 7.22. The summed E-state index contributed by atoms with van der Waals surface area (Å²) in [6.07, 6.45) is 5.29. The molecule has 5 nitrogen and oxygen atoms in total. The smallest absolute Gasteiger partial charge is 0.226 e. The van der Waals surface area contributed by atoms with Crippen LogP contribution in [-0.2, 0) is 9.53 Å². The molecule has 2 rings (SSSR count). The van der Waals surface area contributed by atoms with Gasteiger partial charge in [-0.25, -0.2) is 0 Å². The van der Waals surface area contributed by atoms with Crippen LogP contribution < -0.4 is 5.73 Å². The molecule has 2 fully saturated rings. The Morgan fingerprint density at radius 3 is 3.00 bits per heavy atom. The monoisotopic (exact) mass is 270 g/mol. The van der Waals surface area contributed by atoms with Crippen molar-refractivity contribution in [3.63, 3.8) is 0 Å². The molecule has 3 atom stereocenters. The first-order valence-corrected chi connectivity index (χ1v) is 7.45. The number of nitrogens with zero attached hydrogens (tertiary/aromatic N) is 1. The van der Waals surface area contributed by atoms with E-state index in [4.69, 9.17) is 10.5 Å². The summed E-state index contributed by atoms with van der Waals surface area (Å²) in [5.41, 5.74) is 5.62. The van der Waals surface area contributed by atoms with Gasteiger partial charge in [0.2, 0.25) is 5.91 Å². The normalized spacial score (nSPS) is 32.3. The molecule has 110 valence electrons. The maximum atomic E-state index is 12.6. The van der Waals surface area contributed by atoms with Crippen molar-refractivity contribution >= 4 is 5.91 Å². The summed E-state index contributed by atoms with van der Waals surface area (Å²) in [5, 5.41) is 9.35. The van der Waals surface area contributed by atoms with Crippen molar-refractivity contribution < 1.29 is 14.6 Å². The number of rotatable bonds is 4. The van der Waals surface area contributed by atoms with Gasteiger partial charge in [0.25, 0.3) is 0 Å². The predicted octanol–water partition coefficient (Wildman–Crippen LogP) is 0.361. The number of amides is 1. The Morgan fingerprint density at radius 2 is 2.26 bits per heavy atom. The van der Waals surface area contributed by atoms with Gasteiger partial charge in [0, 0.05) is 12.5 Å². The van der Waals surface area contributed by atoms with Crippen molar-refractivity contribution in [3.05, 3.63) is 0 Å². The number of hydrogen-bond acceptors (Lipinski definition) is 4. The molecule has 0 aromatic carbocycles. The Balaban J connectivity index is 1.93. The van der Waals surface area contributed by atoms with E-state index >= 15 is 0 Å². The summed E-state index contributed by atoms with van der Waals surface area (Å²) in [7, 11) is 0. The molecule has 3 N–H and O–H groups in total. The number of nitrogens with two attached hydrogens (primary N) is 1. The number of carbonyl (C=O) groups excluding carboxylic acids is 1. The van der Waals surface area contributed by atoms with Crippen LogP contribution in [-0.4, -0.2) is 54.9 Å². The van der Waals surface area contributed by atoms with Crippen LogP contribution in [0.4, 0.5) is 0 Å². The quantitative estimate of drug-likeness (QED) is 0.773. The molecule has 5 heteroatoms. The van der Waals surface area contributed by atoms with Crippen molar-refractivity contribution in [3.8, 4) is 0 Å². The molecule has 19 heavy (non-hydrogen) atoms. The van der Waals surface area contributed by atoms with E-state index in [1.54, 1.807) is 0 Å². The lowest BCUT2D eigenvalue weighted by Crippen LogP contribution is -2.52. The lowest BCUT2D eigenvalue weighted by atomic mass is 9.79. The summed E-state index contributed by atoms with van der Waals surface area (Å²) in [6, 6.07) is -0.156. The molecule has 0 aromatic rings. The van der Waals surface area contributed by atoms with E-state index in [1.165, 1.54) is 6.42 Å². The van der Waals surface area contributed by atoms with Gasteiger partial charge in [0.05, 0.1) is 25.9 Å². The topological polar surface area (TPSA) is 75.8 Å². The van der Waals surface area contributed by atoms with Crippen LogP contribution in [0.1, 0.15) is 32.1 Å². The number of carbonyl (C=O) groups is 1. The van der Waals surface area contributed by atoms with E-state index in [-0.39, 0.29) is 24.5 Å². The van der Waals surface area contributed by atoms with E-state index < -0.39 is 0 Å². The third kappa shape index (κ3) is 3.68. The average molecular weight is 270 g/mol. The molecule has 0 radical (unpaired) electrons. The molecule has 1 saturated carbocycles. The third-order valence-electron chi connectivity index (χ3n) is 4.43. The first-order chi connectivity index (χ1) is 9.26. The standard InChI is InChI=1S/C14H26N2O3/c15-5-4-11-2-1-3-12(8-11)14(18)16-6-7-19-10-13(16)9-17/h11-13,17H,1-10,15H2. The van der Waals surface area contributed by atoms with Crippen LogP contribution in [0.25, 0.3) is 0 Å². The zero-order valence-corrected chi connectivity index (χ0v) is 11.6. The number of hydrogen-bond donors (Lipinski definition) is 2. The Hall–Kier alpha value is -0.650. The van der Waals surface area contributed by atoms with E-state index in [1.807, 2.05) is 4.90 Å². The highest BCUT2D eigenvalue weighted by Gasteiger charge is 2.34. The predicted molar refractivity (Wildman–Crippen MR) is 72.5 cm³/mol. The summed E-state index contributed by atoms with van der Waals surface area (Å²) in [5.74, 6) is 0.933. The molecule has 1 saturated heterocycles. The van der Waals surface area contributed by atoms with Crippen molar-refractivity contribution in [2.24, 2.45) is 17.6 Å². The molecule has 1 heterocycles. The fraction of sp³-hybridized carbons (Fsp3) is 0.929. The number of aliphatic hydroxyl groups is 1. The number of morpholine rings is 1. The average Bonchev–Trinajstić information content (AvgIpc) is 2.47. The summed E-state index contributed by atoms with van der Waals surface area (Å²) in [4.78, 5) is 14.4. The fourth-order valence-corrected chi connectivity index (χ4v) is 3.34. The van der Waals surface area contributed by atoms with Crippen LogP contribution in [0.5, 0.6) is 0 Å². The van der Waals surface area contributed by atoms with Gasteiger partial charge in [0.1, 0.15) is 0 Å². The second-order valence-electron chi connectivity index (χ2n) is 5.75. The molecule has 0 bridgehead atoms. The minimum absolute atomic E-state index is 0.00924. The van der Waals surface area contributed by atoms with Crippen molar-refractivity contribution in [1.82, 2.24) is 4.90 Å². The third-order valence-corrected chi connectivity index (χ3v) is 4.43. The maximum Gasteiger partial charge on any atom is 0.226 e. The fourth-order valence-electron chi connectivity index (χ4n) is 3.34. The molecule has 2 aliphatic rings. The minimum Gasteiger partial charge on any atom is -0.394 e. The summed E-state index contributed by atoms with van der Waals surface area (Å²) >= 11 is 0. The molecule has 0 spiro atoms. The van der Waals surface area contributed by atoms with Crippen LogP contribution in [0.15, 0.2) is 0 Å². The zero-order chi connectivity index (χ0) is 13.7. The zero-order valence-electron chi connectivity index (χ0n) is 11.6. The van der Waals surface area contributed by atoms with Crippen molar-refractivity contribution in [1.29, 1.82) is 0 Å². The van der Waals surface area contributed by atoms with Crippen LogP contribution in [0.2, 0.25) is 0 Å². The van der Waals surface area contributed by atoms with E-state index in [0.29, 0.717) is 32.2 Å². The molecule has 1 aliphatic heterocycles. The Morgan fingerprint density at radius 1 is 1.42 bits per heavy atom. The van der Waals surface area contributed by atoms with Gasteiger partial charge in [0.15, 0.2) is 0 Å². The highest BCUT2D eigenvalue weighted by Crippen LogP contribution is 2.32. The Labute approximate surface area is 115 Å². The molecular weight excluding hydrogens is 244 g/mol. The van der Waals surface area contributed by atoms with Gasteiger partial charge in [-0.05, 0) is 31.7 Å². The molecule has 1 amide bonds. The van der Waals surface area contributed by atoms with E-state index in [0.717, 1.165) is 25.7 Å². The first-order valence-electron chi connectivity index (χ1n) is 7.45. The Bertz CT molecular complexity index is 296. The van der Waals surface area contributed by atoms with Gasteiger partial charge in [-0.15, -0.1) is 0 Å². The second-order valence-corrected chi connectivity index (χ2v) is 5.75. The lowest BCUT2D eigenvalue weighted by molar-refractivity contribution is -0.147. The van der Waals surface area contributed by atoms with Gasteiger partial charge < -0.3 is 20.5 Å². The first kappa shape index (κ1) is 14.8. The summed E-state index contributed by atoms with van der Waals surface area (Å²) < 4.78 is 5.33. The molecule has 1 aliphatic carbocycles. The van der Waals surface area contributed by atoms with Gasteiger partial charge >= 0.3 is 0 Å². The van der Waals surface area contributed by atoms with Crippen molar-refractivity contribution in [2.45, 2.75) is 38.1 Å². The van der Waals surface area contributed by atoms with Gasteiger partial charge in [-0.3, -0.25) is 4.79 Å². The maximum absolute atomic E-state index is 12.6. The number of ether oxygens (including phenoxy) is 1. The van der Waals surface area contributed by atoms with Crippen LogP contribution in [0.3, 0.4) is 0 Å². The summed E-state index contributed by atoms with van der Waals surface area (Å²) in [6.45, 7) is 2.36. The van der Waals surface area contributed by atoms with Gasteiger partial charge in [-0.1, -0.05) is 12.8 Å². The van der Waals surface area contributed by atoms with Crippen LogP contribution >= 0.6 is 0 Å². The van der Waals surface area contributed by atoms with Crippen molar-refractivity contribution in [2.75, 3.05) is 32.9 Å². The molecule has 0 aromatic heterocycles. The largest absolute Gasteiger partial charge is 0.394 e. The number of aliphatic hydroxyl groups excluding tert-OH is 1. The molecular formula is C14H26N2O3. The molecule has 3 unspecified atom stereocenters. The van der Waals surface area contributed by atoms with E-state index in [2.05, 4.69) is 0 Å². The van der Waals surface area contributed by atoms with Crippen LogP contribution in [0, 0.1) is 11.8 Å². The van der Waals surface area contributed by atoms with Gasteiger partial charge in [-0.2, -0.15) is 0 Å². The van der Waals surface area contributed by atoms with E-state index in [9.17, 15) is 9.90 Å². The highest BCUT2D eigenvalue weighted by atomic mass is 16.5. The SMILES string of the molecule is NCCC1CCCC(C(=O)N2CCOCC2CO)C1. The Kier molecular flexibility index (Phi) is 5.60. The highest BCUT2D eigenvalue weighted by molar-refractivity contribution is 5.79. The minimum atomic E-state index is -0.156. The lowest BCUT2D eigenvalue weighted by Gasteiger charge is -2.38.